The lowest BCUT2D eigenvalue weighted by atomic mass is 10.2. The molecule has 0 saturated heterocycles. The van der Waals surface area contributed by atoms with Crippen LogP contribution in [-0.4, -0.2) is 28.6 Å². The molecule has 0 aliphatic rings. The second-order valence-corrected chi connectivity index (χ2v) is 5.58. The summed E-state index contributed by atoms with van der Waals surface area (Å²) in [5, 5.41) is 10.6. The molecule has 1 aromatic rings. The number of thiophene rings is 1. The third-order valence-corrected chi connectivity index (χ3v) is 3.63. The standard InChI is InChI=1S/C14H21NO2S/c1-4-7-15(11(2)3)9-13-8-12(10-18-13)5-6-14(16)17/h5-6,8,10-11H,4,7,9H2,1-3H3,(H,16,17). The Hall–Kier alpha value is -1.13. The van der Waals surface area contributed by atoms with Crippen molar-refractivity contribution in [3.8, 4) is 0 Å². The summed E-state index contributed by atoms with van der Waals surface area (Å²) >= 11 is 1.69. The Morgan fingerprint density at radius 1 is 1.56 bits per heavy atom. The lowest BCUT2D eigenvalue weighted by Gasteiger charge is -2.25. The third-order valence-electron chi connectivity index (χ3n) is 2.69. The van der Waals surface area contributed by atoms with E-state index in [0.717, 1.165) is 25.1 Å². The lowest BCUT2D eigenvalue weighted by molar-refractivity contribution is -0.131. The molecule has 0 bridgehead atoms. The molecule has 0 atom stereocenters. The van der Waals surface area contributed by atoms with E-state index in [1.54, 1.807) is 17.4 Å². The average molecular weight is 267 g/mol. The quantitative estimate of drug-likeness (QED) is 0.769. The normalized spacial score (nSPS) is 11.8. The van der Waals surface area contributed by atoms with Crippen LogP contribution in [0.1, 0.15) is 37.6 Å². The largest absolute Gasteiger partial charge is 0.478 e. The Labute approximate surface area is 113 Å². The number of nitrogens with zero attached hydrogens (tertiary/aromatic N) is 1. The number of carboxylic acids is 1. The molecule has 3 nitrogen and oxygen atoms in total. The molecular formula is C14H21NO2S. The van der Waals surface area contributed by atoms with E-state index < -0.39 is 5.97 Å². The highest BCUT2D eigenvalue weighted by molar-refractivity contribution is 7.10. The zero-order valence-electron chi connectivity index (χ0n) is 11.2. The Morgan fingerprint density at radius 2 is 2.28 bits per heavy atom. The van der Waals surface area contributed by atoms with Gasteiger partial charge in [0.15, 0.2) is 0 Å². The molecule has 0 aliphatic carbocycles. The highest BCUT2D eigenvalue weighted by Gasteiger charge is 2.10. The minimum Gasteiger partial charge on any atom is -0.478 e. The second kappa shape index (κ2) is 7.34. The molecule has 0 amide bonds. The van der Waals surface area contributed by atoms with Crippen molar-refractivity contribution in [2.75, 3.05) is 6.54 Å². The summed E-state index contributed by atoms with van der Waals surface area (Å²) in [4.78, 5) is 14.1. The van der Waals surface area contributed by atoms with Crippen molar-refractivity contribution >= 4 is 23.4 Å². The fraction of sp³-hybridized carbons (Fsp3) is 0.500. The van der Waals surface area contributed by atoms with E-state index >= 15 is 0 Å². The Kier molecular flexibility index (Phi) is 6.09. The van der Waals surface area contributed by atoms with Gasteiger partial charge in [-0.25, -0.2) is 4.79 Å². The number of aliphatic carboxylic acids is 1. The summed E-state index contributed by atoms with van der Waals surface area (Å²) in [6.07, 6.45) is 3.97. The van der Waals surface area contributed by atoms with Gasteiger partial charge in [-0.05, 0) is 49.9 Å². The van der Waals surface area contributed by atoms with Crippen molar-refractivity contribution in [1.82, 2.24) is 4.90 Å². The first kappa shape index (κ1) is 14.9. The van der Waals surface area contributed by atoms with Crippen LogP contribution in [0.3, 0.4) is 0 Å². The van der Waals surface area contributed by atoms with Crippen LogP contribution < -0.4 is 0 Å². The number of hydrogen-bond acceptors (Lipinski definition) is 3. The van der Waals surface area contributed by atoms with Gasteiger partial charge in [0.05, 0.1) is 0 Å². The van der Waals surface area contributed by atoms with Gasteiger partial charge in [0.2, 0.25) is 0 Å². The molecule has 1 aromatic heterocycles. The van der Waals surface area contributed by atoms with E-state index in [9.17, 15) is 4.79 Å². The molecule has 18 heavy (non-hydrogen) atoms. The van der Waals surface area contributed by atoms with Gasteiger partial charge < -0.3 is 5.11 Å². The van der Waals surface area contributed by atoms with E-state index in [-0.39, 0.29) is 0 Å². The first-order valence-corrected chi connectivity index (χ1v) is 7.13. The Bertz CT molecular complexity index is 410. The van der Waals surface area contributed by atoms with Crippen molar-refractivity contribution in [2.45, 2.75) is 39.8 Å². The smallest absolute Gasteiger partial charge is 0.328 e. The van der Waals surface area contributed by atoms with Gasteiger partial charge in [-0.3, -0.25) is 4.90 Å². The van der Waals surface area contributed by atoms with Gasteiger partial charge in [0, 0.05) is 23.5 Å². The molecule has 0 fully saturated rings. The first-order valence-electron chi connectivity index (χ1n) is 6.25. The van der Waals surface area contributed by atoms with Crippen molar-refractivity contribution in [3.63, 3.8) is 0 Å². The van der Waals surface area contributed by atoms with Crippen molar-refractivity contribution in [2.24, 2.45) is 0 Å². The van der Waals surface area contributed by atoms with Crippen LogP contribution in [0, 0.1) is 0 Å². The van der Waals surface area contributed by atoms with Crippen LogP contribution in [0.15, 0.2) is 17.5 Å². The van der Waals surface area contributed by atoms with E-state index in [1.165, 1.54) is 11.0 Å². The number of carboxylic acid groups (broad SMARTS) is 1. The van der Waals surface area contributed by atoms with Gasteiger partial charge >= 0.3 is 5.97 Å². The second-order valence-electron chi connectivity index (χ2n) is 4.58. The van der Waals surface area contributed by atoms with Crippen LogP contribution in [0.5, 0.6) is 0 Å². The molecule has 0 spiro atoms. The van der Waals surface area contributed by atoms with E-state index in [1.807, 2.05) is 5.38 Å². The molecular weight excluding hydrogens is 246 g/mol. The zero-order valence-corrected chi connectivity index (χ0v) is 12.0. The van der Waals surface area contributed by atoms with Crippen LogP contribution in [0.25, 0.3) is 6.08 Å². The Morgan fingerprint density at radius 3 is 2.83 bits per heavy atom. The fourth-order valence-corrected chi connectivity index (χ4v) is 2.62. The molecule has 1 N–H and O–H groups in total. The van der Waals surface area contributed by atoms with Gasteiger partial charge in [0.25, 0.3) is 0 Å². The fourth-order valence-electron chi connectivity index (χ4n) is 1.74. The third kappa shape index (κ3) is 5.02. The Balaban J connectivity index is 2.64. The molecule has 0 saturated carbocycles. The summed E-state index contributed by atoms with van der Waals surface area (Å²) in [5.74, 6) is -0.905. The van der Waals surface area contributed by atoms with Crippen LogP contribution in [0.4, 0.5) is 0 Å². The SMILES string of the molecule is CCCN(Cc1cc(C=CC(=O)O)cs1)C(C)C. The first-order chi connectivity index (χ1) is 8.52. The lowest BCUT2D eigenvalue weighted by Crippen LogP contribution is -2.30. The number of hydrogen-bond donors (Lipinski definition) is 1. The molecule has 0 radical (unpaired) electrons. The number of carbonyl (C=O) groups is 1. The maximum absolute atomic E-state index is 10.4. The van der Waals surface area contributed by atoms with Crippen LogP contribution >= 0.6 is 11.3 Å². The van der Waals surface area contributed by atoms with Gasteiger partial charge in [-0.1, -0.05) is 6.92 Å². The van der Waals surface area contributed by atoms with Crippen LogP contribution in [-0.2, 0) is 11.3 Å². The van der Waals surface area contributed by atoms with E-state index in [2.05, 4.69) is 31.7 Å². The summed E-state index contributed by atoms with van der Waals surface area (Å²) in [6.45, 7) is 8.63. The van der Waals surface area contributed by atoms with Gasteiger partial charge in [-0.2, -0.15) is 0 Å². The van der Waals surface area contributed by atoms with Crippen molar-refractivity contribution in [3.05, 3.63) is 28.0 Å². The summed E-state index contributed by atoms with van der Waals surface area (Å²) in [5.41, 5.74) is 0.970. The van der Waals surface area contributed by atoms with E-state index in [4.69, 9.17) is 5.11 Å². The van der Waals surface area contributed by atoms with Gasteiger partial charge in [-0.15, -0.1) is 11.3 Å². The van der Waals surface area contributed by atoms with Gasteiger partial charge in [0.1, 0.15) is 0 Å². The molecule has 0 aromatic carbocycles. The van der Waals surface area contributed by atoms with Crippen LogP contribution in [0.2, 0.25) is 0 Å². The van der Waals surface area contributed by atoms with Crippen molar-refractivity contribution in [1.29, 1.82) is 0 Å². The highest BCUT2D eigenvalue weighted by Crippen LogP contribution is 2.19. The number of rotatable bonds is 7. The zero-order chi connectivity index (χ0) is 13.5. The predicted molar refractivity (Wildman–Crippen MR) is 76.8 cm³/mol. The molecule has 100 valence electrons. The topological polar surface area (TPSA) is 40.5 Å². The molecule has 0 unspecified atom stereocenters. The van der Waals surface area contributed by atoms with E-state index in [0.29, 0.717) is 6.04 Å². The predicted octanol–water partition coefficient (Wildman–Crippen LogP) is 3.47. The minimum absolute atomic E-state index is 0.532. The summed E-state index contributed by atoms with van der Waals surface area (Å²) in [6, 6.07) is 2.60. The maximum atomic E-state index is 10.4. The maximum Gasteiger partial charge on any atom is 0.328 e. The molecule has 1 heterocycles. The molecule has 4 heteroatoms. The van der Waals surface area contributed by atoms with Crippen molar-refractivity contribution < 1.29 is 9.90 Å². The summed E-state index contributed by atoms with van der Waals surface area (Å²) in [7, 11) is 0. The minimum atomic E-state index is -0.905. The molecule has 1 rings (SSSR count). The molecule has 0 aliphatic heterocycles. The average Bonchev–Trinajstić information content (AvgIpc) is 2.73. The summed E-state index contributed by atoms with van der Waals surface area (Å²) < 4.78 is 0. The monoisotopic (exact) mass is 267 g/mol. The highest BCUT2D eigenvalue weighted by atomic mass is 32.1.